The first-order chi connectivity index (χ1) is 15.6. The molecule has 0 saturated heterocycles. The number of benzene rings is 2. The van der Waals surface area contributed by atoms with E-state index in [9.17, 15) is 9.59 Å². The Balaban J connectivity index is 1.44. The Morgan fingerprint density at radius 1 is 0.562 bits per heavy atom. The van der Waals surface area contributed by atoms with Gasteiger partial charge in [0, 0.05) is 0 Å². The molecule has 174 valence electrons. The summed E-state index contributed by atoms with van der Waals surface area (Å²) < 4.78 is 10.3. The molecular formula is C26H34O6. The molecule has 0 fully saturated rings. The van der Waals surface area contributed by atoms with Crippen molar-refractivity contribution in [1.82, 2.24) is 0 Å². The van der Waals surface area contributed by atoms with Gasteiger partial charge in [0.05, 0.1) is 27.1 Å². The first-order valence-corrected chi connectivity index (χ1v) is 11.3. The number of rotatable bonds is 14. The van der Waals surface area contributed by atoms with Gasteiger partial charge in [-0.2, -0.15) is 0 Å². The highest BCUT2D eigenvalue weighted by molar-refractivity contribution is 5.72. The van der Waals surface area contributed by atoms with Gasteiger partial charge in [-0.25, -0.2) is 19.4 Å². The van der Waals surface area contributed by atoms with Crippen molar-refractivity contribution < 1.29 is 28.8 Å². The van der Waals surface area contributed by atoms with Crippen LogP contribution in [0.3, 0.4) is 0 Å². The molecule has 2 rings (SSSR count). The van der Waals surface area contributed by atoms with Crippen molar-refractivity contribution in [2.45, 2.75) is 64.2 Å². The van der Waals surface area contributed by atoms with Gasteiger partial charge in [-0.3, -0.25) is 0 Å². The lowest BCUT2D eigenvalue weighted by Gasteiger charge is -2.05. The number of aryl methyl sites for hydroxylation is 2. The van der Waals surface area contributed by atoms with Gasteiger partial charge in [-0.1, -0.05) is 37.1 Å². The SMILES string of the molecule is COc1ccc(CCCCCC(=O)OOC(=O)CCCCCc2ccc(OC)cc2)cc1. The molecule has 0 aliphatic rings. The second kappa shape index (κ2) is 14.9. The fraction of sp³-hybridized carbons (Fsp3) is 0.462. The molecule has 6 heteroatoms. The molecule has 0 radical (unpaired) electrons. The number of ether oxygens (including phenoxy) is 2. The quantitative estimate of drug-likeness (QED) is 0.215. The summed E-state index contributed by atoms with van der Waals surface area (Å²) in [6.45, 7) is 0. The number of hydrogen-bond acceptors (Lipinski definition) is 6. The molecule has 0 saturated carbocycles. The first-order valence-electron chi connectivity index (χ1n) is 11.3. The third-order valence-corrected chi connectivity index (χ3v) is 5.24. The van der Waals surface area contributed by atoms with E-state index in [2.05, 4.69) is 9.78 Å². The molecular weight excluding hydrogens is 408 g/mol. The third kappa shape index (κ3) is 10.3. The standard InChI is InChI=1S/C26H34O6/c1-29-23-17-13-21(14-18-23)9-5-3-7-11-25(27)31-32-26(28)12-8-4-6-10-22-15-19-24(30-2)20-16-22/h13-20H,3-12H2,1-2H3. The first kappa shape index (κ1) is 25.2. The van der Waals surface area contributed by atoms with Crippen molar-refractivity contribution >= 4 is 11.9 Å². The lowest BCUT2D eigenvalue weighted by molar-refractivity contribution is -0.259. The molecule has 2 aromatic carbocycles. The van der Waals surface area contributed by atoms with Crippen molar-refractivity contribution in [2.75, 3.05) is 14.2 Å². The van der Waals surface area contributed by atoms with E-state index in [4.69, 9.17) is 9.47 Å². The molecule has 0 aliphatic carbocycles. The maximum Gasteiger partial charge on any atom is 0.355 e. The largest absolute Gasteiger partial charge is 0.497 e. The molecule has 0 amide bonds. The average Bonchev–Trinajstić information content (AvgIpc) is 2.83. The van der Waals surface area contributed by atoms with Crippen LogP contribution in [0.25, 0.3) is 0 Å². The van der Waals surface area contributed by atoms with Gasteiger partial charge < -0.3 is 9.47 Å². The molecule has 0 atom stereocenters. The Morgan fingerprint density at radius 3 is 1.28 bits per heavy atom. The summed E-state index contributed by atoms with van der Waals surface area (Å²) in [6, 6.07) is 16.0. The van der Waals surface area contributed by atoms with E-state index in [1.165, 1.54) is 11.1 Å². The lowest BCUT2D eigenvalue weighted by atomic mass is 10.1. The molecule has 0 bridgehead atoms. The molecule has 2 aromatic rings. The number of carbonyl (C=O) groups excluding carboxylic acids is 2. The molecule has 0 N–H and O–H groups in total. The van der Waals surface area contributed by atoms with Crippen molar-refractivity contribution in [3.63, 3.8) is 0 Å². The van der Waals surface area contributed by atoms with Crippen LogP contribution in [0.5, 0.6) is 11.5 Å². The van der Waals surface area contributed by atoms with Crippen LogP contribution < -0.4 is 9.47 Å². The average molecular weight is 443 g/mol. The third-order valence-electron chi connectivity index (χ3n) is 5.24. The topological polar surface area (TPSA) is 71.1 Å². The summed E-state index contributed by atoms with van der Waals surface area (Å²) in [5, 5.41) is 0. The van der Waals surface area contributed by atoms with E-state index >= 15 is 0 Å². The van der Waals surface area contributed by atoms with Gasteiger partial charge in [0.25, 0.3) is 0 Å². The van der Waals surface area contributed by atoms with Gasteiger partial charge in [-0.15, -0.1) is 0 Å². The van der Waals surface area contributed by atoms with Crippen LogP contribution in [0.4, 0.5) is 0 Å². The predicted molar refractivity (Wildman–Crippen MR) is 123 cm³/mol. The van der Waals surface area contributed by atoms with Crippen LogP contribution in [-0.4, -0.2) is 26.2 Å². The zero-order valence-electron chi connectivity index (χ0n) is 19.1. The van der Waals surface area contributed by atoms with E-state index in [-0.39, 0.29) is 12.8 Å². The fourth-order valence-electron chi connectivity index (χ4n) is 3.31. The van der Waals surface area contributed by atoms with Gasteiger partial charge >= 0.3 is 11.9 Å². The van der Waals surface area contributed by atoms with E-state index in [1.54, 1.807) is 14.2 Å². The summed E-state index contributed by atoms with van der Waals surface area (Å²) in [6.07, 6.45) is 7.59. The van der Waals surface area contributed by atoms with E-state index in [0.29, 0.717) is 12.8 Å². The van der Waals surface area contributed by atoms with E-state index in [1.807, 2.05) is 48.5 Å². The summed E-state index contributed by atoms with van der Waals surface area (Å²) in [4.78, 5) is 32.7. The van der Waals surface area contributed by atoms with E-state index in [0.717, 1.165) is 50.0 Å². The predicted octanol–water partition coefficient (Wildman–Crippen LogP) is 5.61. The van der Waals surface area contributed by atoms with Crippen molar-refractivity contribution in [1.29, 1.82) is 0 Å². The maximum absolute atomic E-state index is 11.7. The Kier molecular flexibility index (Phi) is 11.7. The summed E-state index contributed by atoms with van der Waals surface area (Å²) in [5.74, 6) is 0.698. The molecule has 0 unspecified atom stereocenters. The highest BCUT2D eigenvalue weighted by Gasteiger charge is 2.09. The van der Waals surface area contributed by atoms with Gasteiger partial charge in [0.15, 0.2) is 0 Å². The molecule has 0 spiro atoms. The Morgan fingerprint density at radius 2 is 0.938 bits per heavy atom. The summed E-state index contributed by atoms with van der Waals surface area (Å²) in [5.41, 5.74) is 2.48. The van der Waals surface area contributed by atoms with Gasteiger partial charge in [0.2, 0.25) is 0 Å². The Bertz CT molecular complexity index is 729. The van der Waals surface area contributed by atoms with Crippen molar-refractivity contribution in [2.24, 2.45) is 0 Å². The summed E-state index contributed by atoms with van der Waals surface area (Å²) in [7, 11) is 3.30. The minimum Gasteiger partial charge on any atom is -0.497 e. The zero-order chi connectivity index (χ0) is 23.0. The summed E-state index contributed by atoms with van der Waals surface area (Å²) >= 11 is 0. The smallest absolute Gasteiger partial charge is 0.355 e. The minimum absolute atomic E-state index is 0.248. The van der Waals surface area contributed by atoms with Crippen LogP contribution in [0.2, 0.25) is 0 Å². The van der Waals surface area contributed by atoms with Gasteiger partial charge in [0.1, 0.15) is 11.5 Å². The van der Waals surface area contributed by atoms with Crippen LogP contribution in [-0.2, 0) is 32.2 Å². The van der Waals surface area contributed by atoms with Crippen LogP contribution in [0.15, 0.2) is 48.5 Å². The molecule has 0 aliphatic heterocycles. The fourth-order valence-corrected chi connectivity index (χ4v) is 3.31. The molecule has 6 nitrogen and oxygen atoms in total. The number of carbonyl (C=O) groups is 2. The van der Waals surface area contributed by atoms with Crippen molar-refractivity contribution in [3.8, 4) is 11.5 Å². The van der Waals surface area contributed by atoms with Crippen molar-refractivity contribution in [3.05, 3.63) is 59.7 Å². The highest BCUT2D eigenvalue weighted by Crippen LogP contribution is 2.15. The van der Waals surface area contributed by atoms with E-state index < -0.39 is 11.9 Å². The van der Waals surface area contributed by atoms with Crippen LogP contribution >= 0.6 is 0 Å². The Hall–Kier alpha value is -3.02. The number of hydrogen-bond donors (Lipinski definition) is 0. The maximum atomic E-state index is 11.7. The number of methoxy groups -OCH3 is 2. The van der Waals surface area contributed by atoms with Crippen LogP contribution in [0.1, 0.15) is 62.5 Å². The molecule has 0 heterocycles. The normalized spacial score (nSPS) is 10.4. The Labute approximate surface area is 190 Å². The second-order valence-corrected chi connectivity index (χ2v) is 7.73. The second-order valence-electron chi connectivity index (χ2n) is 7.73. The lowest BCUT2D eigenvalue weighted by Crippen LogP contribution is -2.11. The van der Waals surface area contributed by atoms with Gasteiger partial charge in [-0.05, 0) is 73.9 Å². The molecule has 0 aromatic heterocycles. The van der Waals surface area contributed by atoms with Crippen LogP contribution in [0, 0.1) is 0 Å². The molecule has 32 heavy (non-hydrogen) atoms. The zero-order valence-corrected chi connectivity index (χ0v) is 19.1. The minimum atomic E-state index is -0.498. The monoisotopic (exact) mass is 442 g/mol. The highest BCUT2D eigenvalue weighted by atomic mass is 17.2. The number of unbranched alkanes of at least 4 members (excludes halogenated alkanes) is 4.